The van der Waals surface area contributed by atoms with Crippen LogP contribution in [-0.2, 0) is 0 Å². The molecule has 0 radical (unpaired) electrons. The summed E-state index contributed by atoms with van der Waals surface area (Å²) >= 11 is 0. The van der Waals surface area contributed by atoms with Crippen LogP contribution >= 0.6 is 0 Å². The van der Waals surface area contributed by atoms with Gasteiger partial charge in [0.15, 0.2) is 0 Å². The summed E-state index contributed by atoms with van der Waals surface area (Å²) in [5, 5.41) is 16.7. The van der Waals surface area contributed by atoms with Crippen molar-refractivity contribution >= 4 is 23.2 Å². The molecule has 0 aliphatic heterocycles. The molecule has 0 unspecified atom stereocenters. The SMILES string of the molecule is Cc1cc(F)c(NC(=O)Nc2cc(C(C)C)nn2-c2ccc3nccn3c2)cc1Oc1nccc(-c2cn[nH]c2)n1. The first kappa shape index (κ1) is 25.7. The first-order valence-corrected chi connectivity index (χ1v) is 12.8. The number of benzene rings is 1. The van der Waals surface area contributed by atoms with E-state index in [-0.39, 0.29) is 23.4 Å². The zero-order valence-corrected chi connectivity index (χ0v) is 22.3. The molecule has 5 heterocycles. The fourth-order valence-electron chi connectivity index (χ4n) is 4.17. The van der Waals surface area contributed by atoms with Crippen LogP contribution in [0.2, 0.25) is 0 Å². The number of aryl methyl sites for hydroxylation is 1. The van der Waals surface area contributed by atoms with E-state index in [4.69, 9.17) is 4.74 Å². The van der Waals surface area contributed by atoms with Crippen molar-refractivity contribution < 1.29 is 13.9 Å². The van der Waals surface area contributed by atoms with Gasteiger partial charge in [-0.2, -0.15) is 15.2 Å². The largest absolute Gasteiger partial charge is 0.424 e. The van der Waals surface area contributed by atoms with E-state index in [9.17, 15) is 9.18 Å². The van der Waals surface area contributed by atoms with E-state index in [2.05, 4.69) is 40.9 Å². The van der Waals surface area contributed by atoms with Crippen molar-refractivity contribution in [3.05, 3.63) is 90.7 Å². The number of nitrogens with one attached hydrogen (secondary N) is 3. The number of imidazole rings is 1. The fourth-order valence-corrected chi connectivity index (χ4v) is 4.17. The Labute approximate surface area is 233 Å². The zero-order valence-electron chi connectivity index (χ0n) is 22.3. The van der Waals surface area contributed by atoms with Gasteiger partial charge >= 0.3 is 12.0 Å². The number of rotatable bonds is 7. The number of carbonyl (C=O) groups excluding carboxylic acids is 1. The molecule has 0 saturated carbocycles. The quantitative estimate of drug-likeness (QED) is 0.231. The third-order valence-corrected chi connectivity index (χ3v) is 6.32. The summed E-state index contributed by atoms with van der Waals surface area (Å²) < 4.78 is 24.3. The summed E-state index contributed by atoms with van der Waals surface area (Å²) in [6, 6.07) is 9.28. The van der Waals surface area contributed by atoms with Crippen LogP contribution < -0.4 is 15.4 Å². The molecular weight excluding hydrogens is 527 g/mol. The van der Waals surface area contributed by atoms with Crippen LogP contribution in [0.4, 0.5) is 20.7 Å². The molecule has 206 valence electrons. The first-order chi connectivity index (χ1) is 19.8. The number of hydrogen-bond acceptors (Lipinski definition) is 7. The number of aromatic nitrogens is 8. The Bertz CT molecular complexity index is 1860. The molecule has 12 nitrogen and oxygen atoms in total. The van der Waals surface area contributed by atoms with Crippen LogP contribution in [0.3, 0.4) is 0 Å². The highest BCUT2D eigenvalue weighted by atomic mass is 19.1. The second-order valence-corrected chi connectivity index (χ2v) is 9.59. The van der Waals surface area contributed by atoms with Gasteiger partial charge in [-0.1, -0.05) is 13.8 Å². The van der Waals surface area contributed by atoms with Gasteiger partial charge in [-0.25, -0.2) is 23.8 Å². The highest BCUT2D eigenvalue weighted by molar-refractivity contribution is 5.99. The van der Waals surface area contributed by atoms with Crippen molar-refractivity contribution in [1.29, 1.82) is 0 Å². The van der Waals surface area contributed by atoms with E-state index in [1.165, 1.54) is 12.1 Å². The molecular formula is C28H25FN10O2. The number of urea groups is 1. The Morgan fingerprint density at radius 2 is 1.98 bits per heavy atom. The molecule has 0 atom stereocenters. The average Bonchev–Trinajstić information content (AvgIpc) is 3.72. The molecule has 0 aliphatic carbocycles. The lowest BCUT2D eigenvalue weighted by Crippen LogP contribution is -2.22. The lowest BCUT2D eigenvalue weighted by atomic mass is 10.1. The zero-order chi connectivity index (χ0) is 28.5. The van der Waals surface area contributed by atoms with Crippen LogP contribution in [0.15, 0.2) is 73.6 Å². The van der Waals surface area contributed by atoms with Gasteiger partial charge in [0, 0.05) is 48.7 Å². The van der Waals surface area contributed by atoms with Gasteiger partial charge in [0.1, 0.15) is 23.0 Å². The molecule has 41 heavy (non-hydrogen) atoms. The predicted molar refractivity (Wildman–Crippen MR) is 150 cm³/mol. The minimum atomic E-state index is -0.655. The van der Waals surface area contributed by atoms with Crippen molar-refractivity contribution in [3.63, 3.8) is 0 Å². The van der Waals surface area contributed by atoms with E-state index in [0.717, 1.165) is 16.9 Å². The van der Waals surface area contributed by atoms with Crippen LogP contribution in [-0.4, -0.2) is 45.4 Å². The average molecular weight is 553 g/mol. The van der Waals surface area contributed by atoms with E-state index < -0.39 is 11.8 Å². The van der Waals surface area contributed by atoms with E-state index in [0.29, 0.717) is 22.8 Å². The smallest absolute Gasteiger partial charge is 0.324 e. The lowest BCUT2D eigenvalue weighted by Gasteiger charge is -2.13. The molecule has 0 aliphatic rings. The minimum absolute atomic E-state index is 0.0637. The molecule has 0 spiro atoms. The summed E-state index contributed by atoms with van der Waals surface area (Å²) in [7, 11) is 0. The van der Waals surface area contributed by atoms with E-state index in [1.54, 1.807) is 48.5 Å². The number of hydrogen-bond donors (Lipinski definition) is 3. The number of carbonyl (C=O) groups is 1. The maximum absolute atomic E-state index is 14.9. The molecule has 5 aromatic heterocycles. The molecule has 0 fully saturated rings. The third-order valence-electron chi connectivity index (χ3n) is 6.32. The number of fused-ring (bicyclic) bond motifs is 1. The number of ether oxygens (including phenoxy) is 1. The van der Waals surface area contributed by atoms with Crippen molar-refractivity contribution in [2.45, 2.75) is 26.7 Å². The topological polar surface area (TPSA) is 140 Å². The number of aromatic amines is 1. The van der Waals surface area contributed by atoms with Gasteiger partial charge in [-0.3, -0.25) is 10.4 Å². The van der Waals surface area contributed by atoms with Crippen LogP contribution in [0, 0.1) is 12.7 Å². The molecule has 2 amide bonds. The van der Waals surface area contributed by atoms with Gasteiger partial charge in [0.25, 0.3) is 0 Å². The molecule has 6 aromatic rings. The Balaban J connectivity index is 1.24. The molecule has 1 aromatic carbocycles. The van der Waals surface area contributed by atoms with Gasteiger partial charge in [-0.15, -0.1) is 0 Å². The summed E-state index contributed by atoms with van der Waals surface area (Å²) in [6.07, 6.45) is 10.3. The molecule has 0 saturated heterocycles. The Morgan fingerprint density at radius 3 is 2.78 bits per heavy atom. The fraction of sp³-hybridized carbons (Fsp3) is 0.143. The number of amides is 2. The summed E-state index contributed by atoms with van der Waals surface area (Å²) in [4.78, 5) is 25.9. The number of halogens is 1. The standard InChI is InChI=1S/C28H25FN10O2/c1-16(2)22-12-26(39(37-22)19-4-5-25-30-8-9-38(25)15-19)36-27(40)34-23-11-24(17(3)10-20(23)29)41-28-31-7-6-21(35-28)18-13-32-33-14-18/h4-16H,1-3H3,(H,32,33)(H2,34,36,40). The monoisotopic (exact) mass is 552 g/mol. The van der Waals surface area contributed by atoms with Crippen LogP contribution in [0.1, 0.15) is 31.0 Å². The van der Waals surface area contributed by atoms with Gasteiger partial charge < -0.3 is 14.5 Å². The minimum Gasteiger partial charge on any atom is -0.424 e. The van der Waals surface area contributed by atoms with Gasteiger partial charge in [-0.05, 0) is 42.7 Å². The second-order valence-electron chi connectivity index (χ2n) is 9.59. The molecule has 0 bridgehead atoms. The van der Waals surface area contributed by atoms with E-state index in [1.807, 2.05) is 42.8 Å². The summed E-state index contributed by atoms with van der Waals surface area (Å²) in [5.74, 6) is 0.186. The lowest BCUT2D eigenvalue weighted by molar-refractivity contribution is 0.262. The maximum Gasteiger partial charge on any atom is 0.324 e. The highest BCUT2D eigenvalue weighted by Crippen LogP contribution is 2.30. The summed E-state index contributed by atoms with van der Waals surface area (Å²) in [6.45, 7) is 5.70. The second kappa shape index (κ2) is 10.5. The molecule has 3 N–H and O–H groups in total. The van der Waals surface area contributed by atoms with Crippen LogP contribution in [0.5, 0.6) is 11.8 Å². The van der Waals surface area contributed by atoms with Crippen molar-refractivity contribution in [3.8, 4) is 28.7 Å². The first-order valence-electron chi connectivity index (χ1n) is 12.8. The Kier molecular flexibility index (Phi) is 6.59. The van der Waals surface area contributed by atoms with Gasteiger partial charge in [0.2, 0.25) is 0 Å². The normalized spacial score (nSPS) is 11.2. The maximum atomic E-state index is 14.9. The number of anilines is 2. The van der Waals surface area contributed by atoms with Crippen LogP contribution in [0.25, 0.3) is 22.6 Å². The predicted octanol–water partition coefficient (Wildman–Crippen LogP) is 5.71. The van der Waals surface area contributed by atoms with Crippen molar-refractivity contribution in [2.24, 2.45) is 0 Å². The highest BCUT2D eigenvalue weighted by Gasteiger charge is 2.18. The van der Waals surface area contributed by atoms with Gasteiger partial charge in [0.05, 0.1) is 29.0 Å². The van der Waals surface area contributed by atoms with Crippen molar-refractivity contribution in [2.75, 3.05) is 10.6 Å². The van der Waals surface area contributed by atoms with E-state index >= 15 is 0 Å². The van der Waals surface area contributed by atoms with Crippen molar-refractivity contribution in [1.82, 2.24) is 39.3 Å². The number of pyridine rings is 1. The third kappa shape index (κ3) is 5.32. The summed E-state index contributed by atoms with van der Waals surface area (Å²) in [5.41, 5.74) is 4.06. The number of H-pyrrole nitrogens is 1. The Hall–Kier alpha value is -5.59. The Morgan fingerprint density at radius 1 is 1.10 bits per heavy atom. The molecule has 13 heteroatoms. The number of nitrogens with zero attached hydrogens (tertiary/aromatic N) is 7. The molecule has 6 rings (SSSR count).